The van der Waals surface area contributed by atoms with Crippen LogP contribution in [-0.2, 0) is 11.2 Å². The number of carbonyl (C=O) groups excluding carboxylic acids is 1. The zero-order valence-electron chi connectivity index (χ0n) is 14.7. The molecule has 2 aliphatic rings. The number of likely N-dealkylation sites (tertiary alicyclic amines) is 1. The summed E-state index contributed by atoms with van der Waals surface area (Å²) in [5, 5.41) is 28.6. The molecule has 0 aliphatic carbocycles. The average Bonchev–Trinajstić information content (AvgIpc) is 2.55. The first-order valence-electron chi connectivity index (χ1n) is 8.41. The minimum Gasteiger partial charge on any atom is -0.535 e. The summed E-state index contributed by atoms with van der Waals surface area (Å²) in [5.41, 5.74) is 6.19. The lowest BCUT2D eigenvalue weighted by molar-refractivity contribution is -0.143. The summed E-state index contributed by atoms with van der Waals surface area (Å²) in [6.45, 7) is 1.94. The van der Waals surface area contributed by atoms with Crippen LogP contribution in [0.25, 0.3) is 0 Å². The molecule has 0 spiro atoms. The smallest absolute Gasteiger partial charge is 0.522 e. The molecule has 1 fully saturated rings. The highest BCUT2D eigenvalue weighted by Gasteiger charge is 2.37. The Labute approximate surface area is 162 Å². The Kier molecular flexibility index (Phi) is 6.58. The standard InChI is InChI=1S/C16H21BN2O7.ClH/c1-8(20)13(18)15(21)19-6-10(7-19)25-11-3-2-9-4-5-17(24)26-14(9)12(11)16(22)23;/h2-3,8,10,13,20,24H,4-7,18H2,1H3,(H,22,23);1H/t8-,13+;/m1./s1. The number of nitrogens with zero attached hydrogens (tertiary/aromatic N) is 1. The van der Waals surface area contributed by atoms with Gasteiger partial charge >= 0.3 is 13.1 Å². The van der Waals surface area contributed by atoms with E-state index < -0.39 is 25.2 Å². The van der Waals surface area contributed by atoms with E-state index in [0.717, 1.165) is 0 Å². The van der Waals surface area contributed by atoms with Crippen LogP contribution in [0.2, 0.25) is 6.32 Å². The van der Waals surface area contributed by atoms with Gasteiger partial charge in [-0.25, -0.2) is 4.79 Å². The van der Waals surface area contributed by atoms with Crippen molar-refractivity contribution in [2.24, 2.45) is 5.73 Å². The first-order valence-corrected chi connectivity index (χ1v) is 8.41. The van der Waals surface area contributed by atoms with E-state index >= 15 is 0 Å². The molecule has 0 saturated carbocycles. The fourth-order valence-corrected chi connectivity index (χ4v) is 3.00. The van der Waals surface area contributed by atoms with Gasteiger partial charge < -0.3 is 35.3 Å². The quantitative estimate of drug-likeness (QED) is 0.485. The van der Waals surface area contributed by atoms with E-state index in [2.05, 4.69) is 0 Å². The Morgan fingerprint density at radius 3 is 2.67 bits per heavy atom. The van der Waals surface area contributed by atoms with E-state index in [0.29, 0.717) is 18.3 Å². The average molecular weight is 401 g/mol. The molecule has 2 atom stereocenters. The Bertz CT molecular complexity index is 727. The van der Waals surface area contributed by atoms with Crippen molar-refractivity contribution in [3.63, 3.8) is 0 Å². The van der Waals surface area contributed by atoms with E-state index in [1.54, 1.807) is 12.1 Å². The highest BCUT2D eigenvalue weighted by molar-refractivity contribution is 6.44. The van der Waals surface area contributed by atoms with Gasteiger partial charge in [0.15, 0.2) is 0 Å². The van der Waals surface area contributed by atoms with Crippen molar-refractivity contribution >= 4 is 31.4 Å². The van der Waals surface area contributed by atoms with Gasteiger partial charge in [-0.15, -0.1) is 12.4 Å². The maximum atomic E-state index is 12.0. The van der Waals surface area contributed by atoms with Crippen LogP contribution < -0.4 is 15.1 Å². The lowest BCUT2D eigenvalue weighted by atomic mass is 9.78. The molecule has 3 rings (SSSR count). The van der Waals surface area contributed by atoms with Gasteiger partial charge in [-0.05, 0) is 31.3 Å². The third kappa shape index (κ3) is 4.29. The maximum Gasteiger partial charge on any atom is 0.522 e. The van der Waals surface area contributed by atoms with Crippen LogP contribution in [0.4, 0.5) is 0 Å². The minimum atomic E-state index is -1.21. The molecule has 1 amide bonds. The predicted molar refractivity (Wildman–Crippen MR) is 98.4 cm³/mol. The van der Waals surface area contributed by atoms with Gasteiger partial charge in [0.1, 0.15) is 29.2 Å². The summed E-state index contributed by atoms with van der Waals surface area (Å²) in [6, 6.07) is 2.28. The number of aliphatic hydroxyl groups is 1. The Balaban J connectivity index is 0.00000261. The molecule has 0 unspecified atom stereocenters. The fourth-order valence-electron chi connectivity index (χ4n) is 3.00. The van der Waals surface area contributed by atoms with Crippen molar-refractivity contribution < 1.29 is 34.2 Å². The number of carbonyl (C=O) groups is 2. The van der Waals surface area contributed by atoms with Gasteiger partial charge in [0, 0.05) is 0 Å². The summed E-state index contributed by atoms with van der Waals surface area (Å²) in [4.78, 5) is 25.1. The zero-order valence-corrected chi connectivity index (χ0v) is 15.5. The molecule has 9 nitrogen and oxygen atoms in total. The number of carboxylic acids is 1. The van der Waals surface area contributed by atoms with Gasteiger partial charge in [-0.2, -0.15) is 0 Å². The van der Waals surface area contributed by atoms with Crippen LogP contribution >= 0.6 is 12.4 Å². The Morgan fingerprint density at radius 1 is 1.41 bits per heavy atom. The molecule has 27 heavy (non-hydrogen) atoms. The lowest BCUT2D eigenvalue weighted by Crippen LogP contribution is -2.61. The monoisotopic (exact) mass is 400 g/mol. The van der Waals surface area contributed by atoms with Gasteiger partial charge in [0.2, 0.25) is 5.91 Å². The van der Waals surface area contributed by atoms with Crippen LogP contribution in [0.5, 0.6) is 11.5 Å². The predicted octanol–water partition coefficient (Wildman–Crippen LogP) is -0.480. The van der Waals surface area contributed by atoms with Crippen molar-refractivity contribution in [3.8, 4) is 11.5 Å². The lowest BCUT2D eigenvalue weighted by Gasteiger charge is -2.40. The van der Waals surface area contributed by atoms with Crippen LogP contribution in [0.3, 0.4) is 0 Å². The van der Waals surface area contributed by atoms with Crippen molar-refractivity contribution in [1.82, 2.24) is 4.90 Å². The number of carboxylic acid groups (broad SMARTS) is 1. The molecule has 1 saturated heterocycles. The molecule has 148 valence electrons. The number of aromatic carboxylic acids is 1. The zero-order chi connectivity index (χ0) is 19.0. The molecule has 5 N–H and O–H groups in total. The van der Waals surface area contributed by atoms with Gasteiger partial charge in [-0.1, -0.05) is 6.07 Å². The third-order valence-corrected chi connectivity index (χ3v) is 4.59. The number of hydrogen-bond acceptors (Lipinski definition) is 7. The number of fused-ring (bicyclic) bond motifs is 1. The molecule has 1 aromatic rings. The van der Waals surface area contributed by atoms with Gasteiger partial charge in [-0.3, -0.25) is 4.79 Å². The summed E-state index contributed by atoms with van der Waals surface area (Å²) in [6.07, 6.45) is -0.426. The van der Waals surface area contributed by atoms with Crippen LogP contribution in [0.15, 0.2) is 12.1 Å². The van der Waals surface area contributed by atoms with E-state index in [9.17, 15) is 24.8 Å². The second kappa shape index (κ2) is 8.34. The van der Waals surface area contributed by atoms with E-state index in [-0.39, 0.29) is 54.6 Å². The topological polar surface area (TPSA) is 143 Å². The van der Waals surface area contributed by atoms with Crippen LogP contribution in [0, 0.1) is 0 Å². The molecular formula is C16H22BClN2O7. The van der Waals surface area contributed by atoms with Gasteiger partial charge in [0.05, 0.1) is 19.2 Å². The molecule has 0 bridgehead atoms. The minimum absolute atomic E-state index is 0. The number of aliphatic hydroxyl groups excluding tert-OH is 1. The summed E-state index contributed by atoms with van der Waals surface area (Å²) < 4.78 is 11.0. The summed E-state index contributed by atoms with van der Waals surface area (Å²) in [7, 11) is -1.05. The maximum absolute atomic E-state index is 12.0. The first kappa shape index (κ1) is 21.3. The molecule has 2 heterocycles. The number of ether oxygens (including phenoxy) is 1. The van der Waals surface area contributed by atoms with Crippen molar-refractivity contribution in [2.75, 3.05) is 13.1 Å². The molecule has 2 aliphatic heterocycles. The highest BCUT2D eigenvalue weighted by Crippen LogP contribution is 2.37. The van der Waals surface area contributed by atoms with E-state index in [1.807, 2.05) is 0 Å². The Morgan fingerprint density at radius 2 is 2.07 bits per heavy atom. The number of amides is 1. The van der Waals surface area contributed by atoms with Gasteiger partial charge in [0.25, 0.3) is 0 Å². The summed E-state index contributed by atoms with van der Waals surface area (Å²) in [5.74, 6) is -1.34. The Hall–Kier alpha value is -2.01. The highest BCUT2D eigenvalue weighted by atomic mass is 35.5. The number of benzene rings is 1. The number of halogens is 1. The van der Waals surface area contributed by atoms with E-state index in [1.165, 1.54) is 11.8 Å². The second-order valence-electron chi connectivity index (χ2n) is 6.59. The second-order valence-corrected chi connectivity index (χ2v) is 6.59. The SMILES string of the molecule is C[C@@H](O)[C@H](N)C(=O)N1CC(Oc2ccc3c(c2C(=O)O)OB(O)CC3)C1.Cl. The molecule has 1 aromatic carbocycles. The van der Waals surface area contributed by atoms with Crippen LogP contribution in [0.1, 0.15) is 22.8 Å². The molecule has 0 aromatic heterocycles. The van der Waals surface area contributed by atoms with Crippen LogP contribution in [-0.4, -0.2) is 70.5 Å². The van der Waals surface area contributed by atoms with Crippen molar-refractivity contribution in [3.05, 3.63) is 23.3 Å². The number of rotatable bonds is 5. The third-order valence-electron chi connectivity index (χ3n) is 4.59. The number of hydrogen-bond donors (Lipinski definition) is 4. The fraction of sp³-hybridized carbons (Fsp3) is 0.500. The largest absolute Gasteiger partial charge is 0.535 e. The van der Waals surface area contributed by atoms with E-state index in [4.69, 9.17) is 15.1 Å². The number of aryl methyl sites for hydroxylation is 1. The van der Waals surface area contributed by atoms with Crippen molar-refractivity contribution in [2.45, 2.75) is 37.9 Å². The van der Waals surface area contributed by atoms with Crippen molar-refractivity contribution in [1.29, 1.82) is 0 Å². The molecule has 0 radical (unpaired) electrons. The number of nitrogens with two attached hydrogens (primary N) is 1. The molecular weight excluding hydrogens is 378 g/mol. The normalized spacial score (nSPS) is 18.4. The summed E-state index contributed by atoms with van der Waals surface area (Å²) >= 11 is 0. The first-order chi connectivity index (χ1) is 12.3. The molecule has 11 heteroatoms.